The molecule has 0 bridgehead atoms. The average Bonchev–Trinajstić information content (AvgIpc) is 2.45. The molecule has 0 saturated heterocycles. The van der Waals surface area contributed by atoms with Gasteiger partial charge in [-0.05, 0) is 24.6 Å². The smallest absolute Gasteiger partial charge is 0.130 e. The number of rotatable bonds is 5. The number of pyridine rings is 1. The summed E-state index contributed by atoms with van der Waals surface area (Å²) in [6.45, 7) is 2.54. The number of benzene rings is 1. The summed E-state index contributed by atoms with van der Waals surface area (Å²) in [5.74, 6) is 0.845. The Morgan fingerprint density at radius 2 is 1.94 bits per heavy atom. The van der Waals surface area contributed by atoms with Crippen molar-refractivity contribution in [1.29, 1.82) is 0 Å². The van der Waals surface area contributed by atoms with E-state index in [9.17, 15) is 0 Å². The van der Waals surface area contributed by atoms with Gasteiger partial charge in [0.05, 0.1) is 5.69 Å². The van der Waals surface area contributed by atoms with Crippen LogP contribution in [0.25, 0.3) is 0 Å². The van der Waals surface area contributed by atoms with Gasteiger partial charge in [-0.2, -0.15) is 0 Å². The van der Waals surface area contributed by atoms with Crippen LogP contribution in [-0.2, 0) is 6.61 Å². The molecule has 2 rings (SSSR count). The van der Waals surface area contributed by atoms with Crippen molar-refractivity contribution >= 4 is 0 Å². The molecule has 1 aromatic heterocycles. The summed E-state index contributed by atoms with van der Waals surface area (Å²) in [5, 5.41) is 0. The molecule has 0 spiro atoms. The van der Waals surface area contributed by atoms with E-state index >= 15 is 0 Å². The first-order chi connectivity index (χ1) is 8.81. The third kappa shape index (κ3) is 3.08. The Hall–Kier alpha value is -1.87. The van der Waals surface area contributed by atoms with Gasteiger partial charge in [0.15, 0.2) is 0 Å². The van der Waals surface area contributed by atoms with Crippen LogP contribution in [0.15, 0.2) is 48.7 Å². The number of ether oxygens (including phenoxy) is 1. The lowest BCUT2D eigenvalue weighted by Gasteiger charge is -2.15. The highest BCUT2D eigenvalue weighted by molar-refractivity contribution is 5.35. The van der Waals surface area contributed by atoms with Gasteiger partial charge in [-0.25, -0.2) is 0 Å². The molecule has 0 saturated carbocycles. The molecule has 3 heteroatoms. The van der Waals surface area contributed by atoms with Crippen LogP contribution in [0.2, 0.25) is 0 Å². The molecule has 0 aliphatic heterocycles. The van der Waals surface area contributed by atoms with Gasteiger partial charge in [0.1, 0.15) is 12.4 Å². The maximum Gasteiger partial charge on any atom is 0.130 e. The number of nitrogens with zero attached hydrogens (tertiary/aromatic N) is 1. The number of hydrogen-bond acceptors (Lipinski definition) is 3. The fraction of sp³-hybridized carbons (Fsp3) is 0.267. The van der Waals surface area contributed by atoms with Gasteiger partial charge in [-0.3, -0.25) is 4.98 Å². The monoisotopic (exact) mass is 242 g/mol. The molecule has 0 fully saturated rings. The summed E-state index contributed by atoms with van der Waals surface area (Å²) in [7, 11) is 0. The number of hydrogen-bond donors (Lipinski definition) is 1. The lowest BCUT2D eigenvalue weighted by atomic mass is 10.0. The summed E-state index contributed by atoms with van der Waals surface area (Å²) in [6, 6.07) is 13.7. The molecule has 0 aliphatic carbocycles. The van der Waals surface area contributed by atoms with Crippen LogP contribution in [-0.4, -0.2) is 4.98 Å². The molecule has 0 unspecified atom stereocenters. The van der Waals surface area contributed by atoms with E-state index in [2.05, 4.69) is 11.9 Å². The second-order valence-corrected chi connectivity index (χ2v) is 4.16. The highest BCUT2D eigenvalue weighted by atomic mass is 16.5. The van der Waals surface area contributed by atoms with Crippen LogP contribution < -0.4 is 10.5 Å². The quantitative estimate of drug-likeness (QED) is 0.876. The minimum atomic E-state index is 0.0185. The lowest BCUT2D eigenvalue weighted by molar-refractivity contribution is 0.296. The molecule has 1 atom stereocenters. The minimum Gasteiger partial charge on any atom is -0.487 e. The molecule has 2 N–H and O–H groups in total. The van der Waals surface area contributed by atoms with Crippen molar-refractivity contribution < 1.29 is 4.74 Å². The van der Waals surface area contributed by atoms with Gasteiger partial charge in [0.2, 0.25) is 0 Å². The largest absolute Gasteiger partial charge is 0.487 e. The van der Waals surface area contributed by atoms with Crippen molar-refractivity contribution in [2.75, 3.05) is 0 Å². The molecule has 1 heterocycles. The van der Waals surface area contributed by atoms with Crippen molar-refractivity contribution in [3.8, 4) is 5.75 Å². The topological polar surface area (TPSA) is 48.1 Å². The van der Waals surface area contributed by atoms with E-state index < -0.39 is 0 Å². The fourth-order valence-electron chi connectivity index (χ4n) is 1.77. The highest BCUT2D eigenvalue weighted by Gasteiger charge is 2.09. The molecule has 18 heavy (non-hydrogen) atoms. The van der Waals surface area contributed by atoms with Crippen LogP contribution in [0.3, 0.4) is 0 Å². The third-order valence-corrected chi connectivity index (χ3v) is 2.86. The van der Waals surface area contributed by atoms with Crippen LogP contribution in [0, 0.1) is 0 Å². The van der Waals surface area contributed by atoms with Crippen LogP contribution in [0.5, 0.6) is 5.75 Å². The maximum absolute atomic E-state index is 6.07. The molecule has 0 aliphatic rings. The SMILES string of the molecule is CC[C@@H](N)c1ccccc1OCc1ccccn1. The molecule has 0 amide bonds. The van der Waals surface area contributed by atoms with Crippen molar-refractivity contribution in [2.24, 2.45) is 5.73 Å². The standard InChI is InChI=1S/C15H18N2O/c1-2-14(16)13-8-3-4-9-15(13)18-11-12-7-5-6-10-17-12/h3-10,14H,2,11,16H2,1H3/t14-/m1/s1. The Balaban J connectivity index is 2.10. The van der Waals surface area contributed by atoms with Crippen molar-refractivity contribution in [2.45, 2.75) is 26.0 Å². The van der Waals surface area contributed by atoms with Gasteiger partial charge >= 0.3 is 0 Å². The van der Waals surface area contributed by atoms with Gasteiger partial charge < -0.3 is 10.5 Å². The first-order valence-corrected chi connectivity index (χ1v) is 6.18. The van der Waals surface area contributed by atoms with E-state index in [0.717, 1.165) is 23.4 Å². The fourth-order valence-corrected chi connectivity index (χ4v) is 1.77. The number of para-hydroxylation sites is 1. The Kier molecular flexibility index (Phi) is 4.31. The normalized spacial score (nSPS) is 12.1. The van der Waals surface area contributed by atoms with E-state index in [1.54, 1.807) is 6.20 Å². The summed E-state index contributed by atoms with van der Waals surface area (Å²) in [5.41, 5.74) is 8.03. The predicted octanol–water partition coefficient (Wildman–Crippen LogP) is 3.07. The van der Waals surface area contributed by atoms with E-state index in [4.69, 9.17) is 10.5 Å². The first kappa shape index (κ1) is 12.6. The Labute approximate surface area is 108 Å². The Morgan fingerprint density at radius 3 is 2.67 bits per heavy atom. The third-order valence-electron chi connectivity index (χ3n) is 2.86. The molecule has 1 aromatic carbocycles. The second kappa shape index (κ2) is 6.17. The highest BCUT2D eigenvalue weighted by Crippen LogP contribution is 2.25. The molecule has 2 aromatic rings. The van der Waals surface area contributed by atoms with Gasteiger partial charge in [0, 0.05) is 17.8 Å². The minimum absolute atomic E-state index is 0.0185. The average molecular weight is 242 g/mol. The molecule has 0 radical (unpaired) electrons. The van der Waals surface area contributed by atoms with Gasteiger partial charge in [-0.15, -0.1) is 0 Å². The van der Waals surface area contributed by atoms with E-state index in [1.807, 2.05) is 42.5 Å². The predicted molar refractivity (Wildman–Crippen MR) is 72.2 cm³/mol. The molecule has 3 nitrogen and oxygen atoms in total. The van der Waals surface area contributed by atoms with E-state index in [-0.39, 0.29) is 6.04 Å². The summed E-state index contributed by atoms with van der Waals surface area (Å²) >= 11 is 0. The number of aromatic nitrogens is 1. The van der Waals surface area contributed by atoms with Crippen molar-refractivity contribution in [3.63, 3.8) is 0 Å². The van der Waals surface area contributed by atoms with Crippen LogP contribution >= 0.6 is 0 Å². The zero-order valence-corrected chi connectivity index (χ0v) is 10.5. The lowest BCUT2D eigenvalue weighted by Crippen LogP contribution is -2.11. The zero-order valence-electron chi connectivity index (χ0n) is 10.5. The van der Waals surface area contributed by atoms with Crippen LogP contribution in [0.4, 0.5) is 0 Å². The van der Waals surface area contributed by atoms with Gasteiger partial charge in [0.25, 0.3) is 0 Å². The molecular formula is C15H18N2O. The zero-order chi connectivity index (χ0) is 12.8. The molecular weight excluding hydrogens is 224 g/mol. The number of nitrogens with two attached hydrogens (primary N) is 1. The van der Waals surface area contributed by atoms with E-state index in [0.29, 0.717) is 6.61 Å². The summed E-state index contributed by atoms with van der Waals surface area (Å²) in [6.07, 6.45) is 2.66. The summed E-state index contributed by atoms with van der Waals surface area (Å²) in [4.78, 5) is 4.23. The Bertz CT molecular complexity index is 485. The van der Waals surface area contributed by atoms with Crippen molar-refractivity contribution in [3.05, 3.63) is 59.9 Å². The summed E-state index contributed by atoms with van der Waals surface area (Å²) < 4.78 is 5.80. The van der Waals surface area contributed by atoms with Gasteiger partial charge in [-0.1, -0.05) is 31.2 Å². The maximum atomic E-state index is 6.07. The van der Waals surface area contributed by atoms with E-state index in [1.165, 1.54) is 0 Å². The molecule has 94 valence electrons. The Morgan fingerprint density at radius 1 is 1.17 bits per heavy atom. The van der Waals surface area contributed by atoms with Crippen LogP contribution in [0.1, 0.15) is 30.6 Å². The first-order valence-electron chi connectivity index (χ1n) is 6.18. The van der Waals surface area contributed by atoms with Crippen molar-refractivity contribution in [1.82, 2.24) is 4.98 Å². The second-order valence-electron chi connectivity index (χ2n) is 4.16.